The molecule has 5 heteroatoms. The van der Waals surface area contributed by atoms with Gasteiger partial charge in [0, 0.05) is 25.4 Å². The summed E-state index contributed by atoms with van der Waals surface area (Å²) in [6.07, 6.45) is 13.5. The van der Waals surface area contributed by atoms with E-state index in [1.807, 2.05) is 21.4 Å². The Morgan fingerprint density at radius 1 is 1.14 bits per heavy atom. The molecule has 0 spiro atoms. The number of aryl methyl sites for hydroxylation is 1. The summed E-state index contributed by atoms with van der Waals surface area (Å²) in [5.74, 6) is 1.51. The van der Waals surface area contributed by atoms with Crippen LogP contribution in [-0.4, -0.2) is 19.2 Å². The second-order valence-corrected chi connectivity index (χ2v) is 6.17. The van der Waals surface area contributed by atoms with Crippen molar-refractivity contribution < 1.29 is 0 Å². The minimum Gasteiger partial charge on any atom is -0.311 e. The van der Waals surface area contributed by atoms with E-state index in [1.165, 1.54) is 38.5 Å². The maximum atomic E-state index is 12.5. The first-order valence-electron chi connectivity index (χ1n) is 8.22. The summed E-state index contributed by atoms with van der Waals surface area (Å²) in [6, 6.07) is 0. The zero-order valence-corrected chi connectivity index (χ0v) is 12.8. The zero-order chi connectivity index (χ0) is 14.7. The van der Waals surface area contributed by atoms with Crippen molar-refractivity contribution >= 4 is 5.65 Å². The van der Waals surface area contributed by atoms with Gasteiger partial charge in [-0.25, -0.2) is 0 Å². The van der Waals surface area contributed by atoms with Crippen LogP contribution in [0.15, 0.2) is 17.2 Å². The van der Waals surface area contributed by atoms with E-state index < -0.39 is 0 Å². The van der Waals surface area contributed by atoms with Crippen LogP contribution in [0, 0.1) is 5.92 Å². The van der Waals surface area contributed by atoms with Crippen LogP contribution in [0.25, 0.3) is 5.65 Å². The summed E-state index contributed by atoms with van der Waals surface area (Å²) in [5, 5.41) is 8.24. The van der Waals surface area contributed by atoms with E-state index in [0.29, 0.717) is 11.6 Å². The van der Waals surface area contributed by atoms with Crippen LogP contribution in [0.4, 0.5) is 0 Å². The van der Waals surface area contributed by atoms with Gasteiger partial charge in [-0.15, -0.1) is 10.2 Å². The lowest BCUT2D eigenvalue weighted by atomic mass is 10.0. The van der Waals surface area contributed by atoms with Gasteiger partial charge in [0.05, 0.1) is 0 Å². The van der Waals surface area contributed by atoms with E-state index in [0.717, 1.165) is 25.2 Å². The molecule has 1 saturated carbocycles. The van der Waals surface area contributed by atoms with Gasteiger partial charge in [0.1, 0.15) is 5.82 Å². The molecule has 114 valence electrons. The summed E-state index contributed by atoms with van der Waals surface area (Å²) in [4.78, 5) is 12.5. The van der Waals surface area contributed by atoms with Crippen molar-refractivity contribution in [2.45, 2.75) is 64.8 Å². The third-order valence-electron chi connectivity index (χ3n) is 4.52. The van der Waals surface area contributed by atoms with Crippen molar-refractivity contribution in [1.29, 1.82) is 0 Å². The summed E-state index contributed by atoms with van der Waals surface area (Å²) < 4.78 is 3.67. The molecule has 0 unspecified atom stereocenters. The highest BCUT2D eigenvalue weighted by Gasteiger charge is 2.15. The van der Waals surface area contributed by atoms with Crippen LogP contribution < -0.4 is 5.56 Å². The molecule has 2 heterocycles. The normalized spacial score (nSPS) is 17.2. The Hall–Kier alpha value is -1.65. The number of aromatic nitrogens is 4. The molecule has 0 N–H and O–H groups in total. The fourth-order valence-corrected chi connectivity index (χ4v) is 3.33. The molecule has 0 saturated heterocycles. The van der Waals surface area contributed by atoms with Gasteiger partial charge in [0.2, 0.25) is 5.65 Å². The molecule has 1 fully saturated rings. The van der Waals surface area contributed by atoms with Gasteiger partial charge in [-0.2, -0.15) is 0 Å². The van der Waals surface area contributed by atoms with Crippen LogP contribution >= 0.6 is 0 Å². The third-order valence-corrected chi connectivity index (χ3v) is 4.52. The van der Waals surface area contributed by atoms with Gasteiger partial charge < -0.3 is 4.57 Å². The highest BCUT2D eigenvalue weighted by molar-refractivity contribution is 5.34. The molecule has 2 aromatic rings. The zero-order valence-electron chi connectivity index (χ0n) is 12.8. The van der Waals surface area contributed by atoms with Gasteiger partial charge in [-0.1, -0.05) is 32.6 Å². The maximum absolute atomic E-state index is 12.5. The van der Waals surface area contributed by atoms with Crippen molar-refractivity contribution in [3.05, 3.63) is 28.6 Å². The van der Waals surface area contributed by atoms with Gasteiger partial charge in [0.25, 0.3) is 5.56 Å². The van der Waals surface area contributed by atoms with Crippen LogP contribution in [0.5, 0.6) is 0 Å². The van der Waals surface area contributed by atoms with Crippen LogP contribution in [-0.2, 0) is 13.0 Å². The number of hydrogen-bond donors (Lipinski definition) is 0. The van der Waals surface area contributed by atoms with Crippen LogP contribution in [0.1, 0.15) is 57.7 Å². The van der Waals surface area contributed by atoms with Gasteiger partial charge in [0.15, 0.2) is 0 Å². The molecular formula is C16H24N4O. The number of hydrogen-bond acceptors (Lipinski definition) is 3. The molecule has 0 atom stereocenters. The minimum absolute atomic E-state index is 0.00315. The molecule has 0 radical (unpaired) electrons. The molecule has 21 heavy (non-hydrogen) atoms. The molecule has 0 bridgehead atoms. The Labute approximate surface area is 125 Å². The lowest BCUT2D eigenvalue weighted by Crippen LogP contribution is -2.25. The molecule has 1 aliphatic rings. The van der Waals surface area contributed by atoms with E-state index in [1.54, 1.807) is 0 Å². The van der Waals surface area contributed by atoms with Gasteiger partial charge in [-0.3, -0.25) is 9.20 Å². The Bertz CT molecular complexity index is 650. The lowest BCUT2D eigenvalue weighted by molar-refractivity contribution is 0.389. The highest BCUT2D eigenvalue weighted by atomic mass is 16.1. The highest BCUT2D eigenvalue weighted by Crippen LogP contribution is 2.23. The summed E-state index contributed by atoms with van der Waals surface area (Å²) >= 11 is 0. The maximum Gasteiger partial charge on any atom is 0.296 e. The molecule has 3 rings (SSSR count). The van der Waals surface area contributed by atoms with E-state index in [2.05, 4.69) is 17.1 Å². The van der Waals surface area contributed by atoms with E-state index in [4.69, 9.17) is 0 Å². The summed E-state index contributed by atoms with van der Waals surface area (Å²) in [6.45, 7) is 2.93. The van der Waals surface area contributed by atoms with Crippen LogP contribution in [0.3, 0.4) is 0 Å². The minimum atomic E-state index is -0.00315. The smallest absolute Gasteiger partial charge is 0.296 e. The molecule has 0 amide bonds. The summed E-state index contributed by atoms with van der Waals surface area (Å²) in [7, 11) is 0. The first-order valence-corrected chi connectivity index (χ1v) is 8.22. The monoisotopic (exact) mass is 288 g/mol. The summed E-state index contributed by atoms with van der Waals surface area (Å²) in [5.41, 5.74) is 0.464. The Balaban J connectivity index is 1.86. The van der Waals surface area contributed by atoms with Crippen molar-refractivity contribution in [2.24, 2.45) is 5.92 Å². The average Bonchev–Trinajstić information content (AvgIpc) is 2.72. The number of nitrogens with zero attached hydrogens (tertiary/aromatic N) is 4. The number of fused-ring (bicyclic) bond motifs is 1. The first-order chi connectivity index (χ1) is 10.3. The lowest BCUT2D eigenvalue weighted by Gasteiger charge is -2.15. The molecular weight excluding hydrogens is 264 g/mol. The fourth-order valence-electron chi connectivity index (χ4n) is 3.33. The average molecular weight is 288 g/mol. The second-order valence-electron chi connectivity index (χ2n) is 6.17. The largest absolute Gasteiger partial charge is 0.311 e. The van der Waals surface area contributed by atoms with Gasteiger partial charge in [-0.05, 0) is 25.2 Å². The van der Waals surface area contributed by atoms with Crippen molar-refractivity contribution in [1.82, 2.24) is 19.2 Å². The molecule has 1 aliphatic carbocycles. The van der Waals surface area contributed by atoms with Crippen molar-refractivity contribution in [2.75, 3.05) is 0 Å². The quantitative estimate of drug-likeness (QED) is 0.813. The second kappa shape index (κ2) is 6.41. The standard InChI is InChI=1S/C16H24N4O/c1-2-7-14-17-18-15-16(21)19(10-11-20(14)15)12-13-8-5-3-4-6-9-13/h10-11,13H,2-9,12H2,1H3. The van der Waals surface area contributed by atoms with E-state index in [9.17, 15) is 4.79 Å². The predicted molar refractivity (Wildman–Crippen MR) is 82.4 cm³/mol. The van der Waals surface area contributed by atoms with Gasteiger partial charge >= 0.3 is 0 Å². The Morgan fingerprint density at radius 2 is 1.90 bits per heavy atom. The molecule has 0 aliphatic heterocycles. The SMILES string of the molecule is CCCc1nnc2c(=O)n(CC3CCCCCC3)ccn12. The third kappa shape index (κ3) is 3.01. The van der Waals surface area contributed by atoms with Crippen molar-refractivity contribution in [3.63, 3.8) is 0 Å². The van der Waals surface area contributed by atoms with Crippen LogP contribution in [0.2, 0.25) is 0 Å². The molecule has 5 nitrogen and oxygen atoms in total. The van der Waals surface area contributed by atoms with Crippen molar-refractivity contribution in [3.8, 4) is 0 Å². The Morgan fingerprint density at radius 3 is 2.62 bits per heavy atom. The first kappa shape index (κ1) is 14.3. The fraction of sp³-hybridized carbons (Fsp3) is 0.688. The van der Waals surface area contributed by atoms with E-state index in [-0.39, 0.29) is 5.56 Å². The topological polar surface area (TPSA) is 52.2 Å². The van der Waals surface area contributed by atoms with E-state index >= 15 is 0 Å². The Kier molecular flexibility index (Phi) is 4.36. The number of rotatable bonds is 4. The molecule has 2 aromatic heterocycles. The predicted octanol–water partition coefficient (Wildman–Crippen LogP) is 2.81. The molecule has 0 aromatic carbocycles.